The SMILES string of the molecule is c1ccc(-c2nc(-c3ccc4c(c3)sc3ccccc34)nc(-c3cccc4oc5c(-c6ccc7c(c6)c6ccccc6n7-c6ccccc6)cccc5c34)n2)cc1. The molecule has 266 valence electrons. The molecule has 0 fully saturated rings. The van der Waals surface area contributed by atoms with Crippen molar-refractivity contribution >= 4 is 75.3 Å². The Balaban J connectivity index is 1.04. The molecule has 0 amide bonds. The van der Waals surface area contributed by atoms with Gasteiger partial charge in [0.1, 0.15) is 11.2 Å². The number of aromatic nitrogens is 4. The first-order valence-electron chi connectivity index (χ1n) is 19.0. The molecule has 6 heteroatoms. The maximum absolute atomic E-state index is 6.81. The summed E-state index contributed by atoms with van der Waals surface area (Å²) >= 11 is 1.79. The predicted molar refractivity (Wildman–Crippen MR) is 236 cm³/mol. The van der Waals surface area contributed by atoms with E-state index in [1.807, 2.05) is 42.5 Å². The van der Waals surface area contributed by atoms with E-state index < -0.39 is 0 Å². The van der Waals surface area contributed by atoms with Gasteiger partial charge in [0.15, 0.2) is 17.5 Å². The van der Waals surface area contributed by atoms with Crippen molar-refractivity contribution < 1.29 is 4.42 Å². The molecule has 0 atom stereocenters. The third-order valence-corrected chi connectivity index (χ3v) is 12.2. The van der Waals surface area contributed by atoms with E-state index in [1.165, 1.54) is 36.5 Å². The third kappa shape index (κ3) is 5.04. The van der Waals surface area contributed by atoms with Crippen LogP contribution in [-0.4, -0.2) is 19.5 Å². The number of hydrogen-bond donors (Lipinski definition) is 0. The van der Waals surface area contributed by atoms with E-state index in [0.29, 0.717) is 17.5 Å². The van der Waals surface area contributed by atoms with Gasteiger partial charge in [-0.25, -0.2) is 15.0 Å². The fraction of sp³-hybridized carbons (Fsp3) is 0. The van der Waals surface area contributed by atoms with Crippen LogP contribution < -0.4 is 0 Å². The summed E-state index contributed by atoms with van der Waals surface area (Å²) in [7, 11) is 0. The van der Waals surface area contributed by atoms with Crippen LogP contribution in [0.5, 0.6) is 0 Å². The Morgan fingerprint density at radius 1 is 0.404 bits per heavy atom. The Labute approximate surface area is 330 Å². The maximum atomic E-state index is 6.81. The zero-order valence-electron chi connectivity index (χ0n) is 30.4. The van der Waals surface area contributed by atoms with Crippen LogP contribution in [0.3, 0.4) is 0 Å². The lowest BCUT2D eigenvalue weighted by Gasteiger charge is -2.09. The highest BCUT2D eigenvalue weighted by Gasteiger charge is 2.21. The highest BCUT2D eigenvalue weighted by molar-refractivity contribution is 7.25. The maximum Gasteiger partial charge on any atom is 0.164 e. The fourth-order valence-corrected chi connectivity index (χ4v) is 9.61. The lowest BCUT2D eigenvalue weighted by Crippen LogP contribution is -2.00. The largest absolute Gasteiger partial charge is 0.455 e. The Hall–Kier alpha value is -7.41. The van der Waals surface area contributed by atoms with Gasteiger partial charge in [0.05, 0.1) is 11.0 Å². The summed E-state index contributed by atoms with van der Waals surface area (Å²) < 4.78 is 11.6. The van der Waals surface area contributed by atoms with Crippen molar-refractivity contribution in [2.75, 3.05) is 0 Å². The molecule has 4 aromatic heterocycles. The molecule has 12 rings (SSSR count). The van der Waals surface area contributed by atoms with Crippen molar-refractivity contribution in [3.63, 3.8) is 0 Å². The van der Waals surface area contributed by atoms with Crippen molar-refractivity contribution in [1.82, 2.24) is 19.5 Å². The van der Waals surface area contributed by atoms with Crippen molar-refractivity contribution in [3.8, 4) is 51.0 Å². The summed E-state index contributed by atoms with van der Waals surface area (Å²) in [6.45, 7) is 0. The van der Waals surface area contributed by atoms with Gasteiger partial charge in [-0.1, -0.05) is 133 Å². The van der Waals surface area contributed by atoms with Crippen LogP contribution in [-0.2, 0) is 0 Å². The Kier molecular flexibility index (Phi) is 7.03. The molecule has 0 bridgehead atoms. The number of thiophene rings is 1. The topological polar surface area (TPSA) is 56.7 Å². The first-order valence-corrected chi connectivity index (χ1v) is 19.8. The van der Waals surface area contributed by atoms with E-state index in [0.717, 1.165) is 61.0 Å². The van der Waals surface area contributed by atoms with Crippen LogP contribution in [0.2, 0.25) is 0 Å². The van der Waals surface area contributed by atoms with Crippen molar-refractivity contribution in [1.29, 1.82) is 0 Å². The molecule has 12 aromatic rings. The van der Waals surface area contributed by atoms with Crippen LogP contribution in [0.15, 0.2) is 186 Å². The average molecular weight is 747 g/mol. The van der Waals surface area contributed by atoms with Crippen LogP contribution in [0.1, 0.15) is 0 Å². The van der Waals surface area contributed by atoms with Crippen LogP contribution in [0, 0.1) is 0 Å². The van der Waals surface area contributed by atoms with E-state index >= 15 is 0 Å². The second-order valence-corrected chi connectivity index (χ2v) is 15.4. The van der Waals surface area contributed by atoms with Crippen molar-refractivity contribution in [2.24, 2.45) is 0 Å². The number of furan rings is 1. The first-order chi connectivity index (χ1) is 28.2. The number of benzene rings is 8. The first kappa shape index (κ1) is 31.9. The van der Waals surface area contributed by atoms with Gasteiger partial charge < -0.3 is 8.98 Å². The molecule has 8 aromatic carbocycles. The Morgan fingerprint density at radius 2 is 1.05 bits per heavy atom. The zero-order valence-corrected chi connectivity index (χ0v) is 31.2. The predicted octanol–water partition coefficient (Wildman–Crippen LogP) is 13.9. The lowest BCUT2D eigenvalue weighted by molar-refractivity contribution is 0.670. The van der Waals surface area contributed by atoms with Crippen LogP contribution in [0.4, 0.5) is 0 Å². The normalized spacial score (nSPS) is 11.9. The number of para-hydroxylation sites is 3. The molecule has 0 spiro atoms. The second kappa shape index (κ2) is 12.6. The molecule has 0 N–H and O–H groups in total. The highest BCUT2D eigenvalue weighted by atomic mass is 32.1. The zero-order chi connectivity index (χ0) is 37.5. The number of nitrogens with zero attached hydrogens (tertiary/aromatic N) is 4. The summed E-state index contributed by atoms with van der Waals surface area (Å²) in [6.07, 6.45) is 0. The molecule has 0 unspecified atom stereocenters. The minimum atomic E-state index is 0.601. The molecule has 0 radical (unpaired) electrons. The number of hydrogen-bond acceptors (Lipinski definition) is 5. The third-order valence-electron chi connectivity index (χ3n) is 11.1. The fourth-order valence-electron chi connectivity index (χ4n) is 8.46. The van der Waals surface area contributed by atoms with Crippen LogP contribution in [0.25, 0.3) is 115 Å². The molecule has 0 aliphatic carbocycles. The molecule has 0 saturated heterocycles. The van der Waals surface area contributed by atoms with Gasteiger partial charge in [0.25, 0.3) is 0 Å². The van der Waals surface area contributed by atoms with E-state index in [1.54, 1.807) is 11.3 Å². The smallest absolute Gasteiger partial charge is 0.164 e. The summed E-state index contributed by atoms with van der Waals surface area (Å²) in [5, 5.41) is 6.90. The van der Waals surface area contributed by atoms with E-state index in [-0.39, 0.29) is 0 Å². The van der Waals surface area contributed by atoms with Gasteiger partial charge in [-0.15, -0.1) is 11.3 Å². The van der Waals surface area contributed by atoms with Gasteiger partial charge in [-0.05, 0) is 54.1 Å². The van der Waals surface area contributed by atoms with Gasteiger partial charge >= 0.3 is 0 Å². The monoisotopic (exact) mass is 746 g/mol. The van der Waals surface area contributed by atoms with E-state index in [4.69, 9.17) is 19.4 Å². The molecular formula is C51H30N4OS. The van der Waals surface area contributed by atoms with Crippen LogP contribution >= 0.6 is 11.3 Å². The summed E-state index contributed by atoms with van der Waals surface area (Å²) in [4.78, 5) is 15.4. The van der Waals surface area contributed by atoms with Gasteiger partial charge in [0.2, 0.25) is 0 Å². The standard InChI is InChI=1S/C51H30N4OS/c1-3-13-31(14-4-1)49-52-50(33-25-27-38-37-18-8-10-24-45(37)57-46(38)30-33)54-51(53-49)40-21-12-23-44-47(40)39-20-11-19-35(48(39)56-44)32-26-28-43-41(29-32)36-17-7-9-22-42(36)55(43)34-15-5-2-6-16-34/h1-30H. The van der Waals surface area contributed by atoms with Gasteiger partial charge in [-0.3, -0.25) is 0 Å². The molecule has 4 heterocycles. The summed E-state index contributed by atoms with van der Waals surface area (Å²) in [5.41, 5.74) is 10.0. The van der Waals surface area contributed by atoms with Crippen molar-refractivity contribution in [2.45, 2.75) is 0 Å². The van der Waals surface area contributed by atoms with Gasteiger partial charge in [-0.2, -0.15) is 0 Å². The number of fused-ring (bicyclic) bond motifs is 9. The van der Waals surface area contributed by atoms with E-state index in [9.17, 15) is 0 Å². The van der Waals surface area contributed by atoms with Crippen molar-refractivity contribution in [3.05, 3.63) is 182 Å². The Morgan fingerprint density at radius 3 is 1.93 bits per heavy atom. The second-order valence-electron chi connectivity index (χ2n) is 14.4. The van der Waals surface area contributed by atoms with Gasteiger partial charge in [0, 0.05) is 69.7 Å². The molecule has 5 nitrogen and oxygen atoms in total. The highest BCUT2D eigenvalue weighted by Crippen LogP contribution is 2.42. The minimum Gasteiger partial charge on any atom is -0.455 e. The van der Waals surface area contributed by atoms with E-state index in [2.05, 4.69) is 144 Å². The lowest BCUT2D eigenvalue weighted by atomic mass is 9.99. The summed E-state index contributed by atoms with van der Waals surface area (Å²) in [5.74, 6) is 1.86. The molecule has 57 heavy (non-hydrogen) atoms. The molecular weight excluding hydrogens is 717 g/mol. The molecule has 0 saturated carbocycles. The minimum absolute atomic E-state index is 0.601. The number of rotatable bonds is 5. The Bertz CT molecular complexity index is 3530. The average Bonchev–Trinajstić information content (AvgIpc) is 3.96. The molecule has 0 aliphatic rings. The quantitative estimate of drug-likeness (QED) is 0.176. The summed E-state index contributed by atoms with van der Waals surface area (Å²) in [6, 6.07) is 63.7. The molecule has 0 aliphatic heterocycles.